The third-order valence-corrected chi connectivity index (χ3v) is 6.06. The summed E-state index contributed by atoms with van der Waals surface area (Å²) < 4.78 is 0. The molecule has 0 bridgehead atoms. The molecule has 5 rings (SSSR count). The van der Waals surface area contributed by atoms with Gasteiger partial charge >= 0.3 is 6.03 Å². The molecule has 0 saturated carbocycles. The monoisotopic (exact) mass is 517 g/mol. The van der Waals surface area contributed by atoms with Gasteiger partial charge in [-0.1, -0.05) is 35.3 Å². The third-order valence-electron chi connectivity index (χ3n) is 5.62. The van der Waals surface area contributed by atoms with Crippen molar-refractivity contribution in [2.45, 2.75) is 6.92 Å². The molecule has 2 heterocycles. The van der Waals surface area contributed by atoms with Crippen molar-refractivity contribution in [2.75, 3.05) is 21.3 Å². The first-order valence-electron chi connectivity index (χ1n) is 11.1. The van der Waals surface area contributed by atoms with Gasteiger partial charge in [-0.05, 0) is 73.2 Å². The van der Waals surface area contributed by atoms with Gasteiger partial charge in [0.1, 0.15) is 0 Å². The first kappa shape index (κ1) is 23.5. The van der Waals surface area contributed by atoms with Crippen molar-refractivity contribution in [1.29, 1.82) is 0 Å². The number of rotatable bonds is 5. The topological polar surface area (TPSA) is 98.0 Å². The van der Waals surface area contributed by atoms with Gasteiger partial charge in [0.2, 0.25) is 0 Å². The summed E-state index contributed by atoms with van der Waals surface area (Å²) in [5.74, 6) is -0.147. The summed E-state index contributed by atoms with van der Waals surface area (Å²) >= 11 is 12.0. The normalized spacial score (nSPS) is 13.3. The van der Waals surface area contributed by atoms with Crippen molar-refractivity contribution in [2.24, 2.45) is 0 Å². The lowest BCUT2D eigenvalue weighted by atomic mass is 10.1. The number of carbonyl (C=O) groups excluding carboxylic acids is 2. The molecule has 0 radical (unpaired) electrons. The fourth-order valence-electron chi connectivity index (χ4n) is 3.91. The highest BCUT2D eigenvalue weighted by atomic mass is 35.5. The van der Waals surface area contributed by atoms with Crippen molar-refractivity contribution in [3.05, 3.63) is 99.8 Å². The van der Waals surface area contributed by atoms with Crippen molar-refractivity contribution < 1.29 is 9.59 Å². The summed E-state index contributed by atoms with van der Waals surface area (Å²) in [4.78, 5) is 28.1. The lowest BCUT2D eigenvalue weighted by molar-refractivity contribution is -0.110. The summed E-state index contributed by atoms with van der Waals surface area (Å²) in [6.07, 6.45) is 3.64. The number of fused-ring (bicyclic) bond motifs is 1. The number of aryl methyl sites for hydroxylation is 1. The second kappa shape index (κ2) is 9.81. The Kier molecular flexibility index (Phi) is 6.41. The van der Waals surface area contributed by atoms with Crippen LogP contribution in [0.3, 0.4) is 0 Å². The number of aromatic nitrogens is 1. The van der Waals surface area contributed by atoms with Gasteiger partial charge in [-0.3, -0.25) is 4.79 Å². The number of nitrogens with one attached hydrogen (secondary N) is 5. The Bertz CT molecular complexity index is 1490. The quantitative estimate of drug-likeness (QED) is 0.177. The van der Waals surface area contributed by atoms with E-state index < -0.39 is 6.03 Å². The maximum atomic E-state index is 12.5. The number of amides is 3. The van der Waals surface area contributed by atoms with E-state index in [1.165, 1.54) is 0 Å². The van der Waals surface area contributed by atoms with E-state index in [2.05, 4.69) is 26.3 Å². The number of halogens is 2. The van der Waals surface area contributed by atoms with E-state index in [1.807, 2.05) is 67.7 Å². The van der Waals surface area contributed by atoms with E-state index in [1.54, 1.807) is 18.2 Å². The smallest absolute Gasteiger partial charge is 0.323 e. The Balaban J connectivity index is 1.31. The predicted octanol–water partition coefficient (Wildman–Crippen LogP) is 7.51. The Morgan fingerprint density at radius 3 is 2.39 bits per heavy atom. The molecule has 9 heteroatoms. The molecule has 0 fully saturated rings. The average molecular weight is 518 g/mol. The molecular formula is C27H21Cl2N5O2. The largest absolute Gasteiger partial charge is 0.362 e. The zero-order valence-electron chi connectivity index (χ0n) is 19.1. The molecule has 7 nitrogen and oxygen atoms in total. The minimum atomic E-state index is -0.426. The lowest BCUT2D eigenvalue weighted by Gasteiger charge is -2.14. The van der Waals surface area contributed by atoms with Crippen LogP contribution in [0.5, 0.6) is 0 Å². The summed E-state index contributed by atoms with van der Waals surface area (Å²) in [7, 11) is 0. The number of anilines is 5. The minimum absolute atomic E-state index is 0.147. The fraction of sp³-hybridized carbons (Fsp3) is 0.0370. The SMILES string of the molecule is Cc1ccc(NC(=O)Nc2cc(Cl)cc(Cl)c2)cc1Nc1ccc2c(c1)NC(=O)/C2=C/c1ccc[nH]1. The van der Waals surface area contributed by atoms with Gasteiger partial charge in [0, 0.05) is 50.2 Å². The van der Waals surface area contributed by atoms with E-state index in [4.69, 9.17) is 23.2 Å². The number of hydrogen-bond donors (Lipinski definition) is 5. The van der Waals surface area contributed by atoms with Gasteiger partial charge in [0.25, 0.3) is 5.91 Å². The summed E-state index contributed by atoms with van der Waals surface area (Å²) in [6, 6.07) is 19.4. The number of urea groups is 1. The number of aromatic amines is 1. The second-order valence-corrected chi connectivity index (χ2v) is 9.16. The molecule has 180 valence electrons. The van der Waals surface area contributed by atoms with Crippen LogP contribution in [0.15, 0.2) is 72.9 Å². The molecule has 3 amide bonds. The van der Waals surface area contributed by atoms with Crippen LogP contribution in [0.2, 0.25) is 10.0 Å². The van der Waals surface area contributed by atoms with Gasteiger partial charge in [-0.25, -0.2) is 4.79 Å². The molecule has 1 aliphatic rings. The third kappa shape index (κ3) is 5.22. The molecule has 4 aromatic rings. The number of carbonyl (C=O) groups is 2. The molecule has 1 aromatic heterocycles. The highest BCUT2D eigenvalue weighted by Gasteiger charge is 2.24. The predicted molar refractivity (Wildman–Crippen MR) is 147 cm³/mol. The van der Waals surface area contributed by atoms with Crippen LogP contribution in [0, 0.1) is 6.92 Å². The Morgan fingerprint density at radius 2 is 1.64 bits per heavy atom. The number of hydrogen-bond acceptors (Lipinski definition) is 3. The fourth-order valence-corrected chi connectivity index (χ4v) is 4.44. The van der Waals surface area contributed by atoms with E-state index in [-0.39, 0.29) is 5.91 Å². The molecule has 0 unspecified atom stereocenters. The molecule has 0 saturated heterocycles. The molecule has 5 N–H and O–H groups in total. The Hall–Kier alpha value is -4.20. The average Bonchev–Trinajstić information content (AvgIpc) is 3.43. The van der Waals surface area contributed by atoms with Gasteiger partial charge in [0.05, 0.1) is 11.3 Å². The van der Waals surface area contributed by atoms with Crippen LogP contribution in [0.25, 0.3) is 11.6 Å². The Labute approximate surface area is 217 Å². The van der Waals surface area contributed by atoms with E-state index in [0.717, 1.165) is 33.9 Å². The van der Waals surface area contributed by atoms with Crippen LogP contribution in [-0.4, -0.2) is 16.9 Å². The van der Waals surface area contributed by atoms with Gasteiger partial charge in [-0.15, -0.1) is 0 Å². The Morgan fingerprint density at radius 1 is 0.889 bits per heavy atom. The van der Waals surface area contributed by atoms with Crippen LogP contribution in [0.4, 0.5) is 33.2 Å². The number of H-pyrrole nitrogens is 1. The van der Waals surface area contributed by atoms with Crippen molar-refractivity contribution in [1.82, 2.24) is 4.98 Å². The number of benzene rings is 3. The highest BCUT2D eigenvalue weighted by molar-refractivity contribution is 6.35. The van der Waals surface area contributed by atoms with E-state index in [9.17, 15) is 9.59 Å². The minimum Gasteiger partial charge on any atom is -0.362 e. The molecule has 36 heavy (non-hydrogen) atoms. The summed E-state index contributed by atoms with van der Waals surface area (Å²) in [5, 5.41) is 12.7. The van der Waals surface area contributed by atoms with Crippen molar-refractivity contribution >= 4 is 75.2 Å². The molecule has 0 spiro atoms. The first-order chi connectivity index (χ1) is 17.3. The maximum absolute atomic E-state index is 12.5. The zero-order chi connectivity index (χ0) is 25.2. The summed E-state index contributed by atoms with van der Waals surface area (Å²) in [5.41, 5.74) is 6.71. The molecular weight excluding hydrogens is 497 g/mol. The van der Waals surface area contributed by atoms with Crippen LogP contribution >= 0.6 is 23.2 Å². The maximum Gasteiger partial charge on any atom is 0.323 e. The first-order valence-corrected chi connectivity index (χ1v) is 11.8. The van der Waals surface area contributed by atoms with Crippen LogP contribution in [0.1, 0.15) is 16.8 Å². The summed E-state index contributed by atoms with van der Waals surface area (Å²) in [6.45, 7) is 1.96. The van der Waals surface area contributed by atoms with Gasteiger partial charge in [0.15, 0.2) is 0 Å². The molecule has 3 aromatic carbocycles. The zero-order valence-corrected chi connectivity index (χ0v) is 20.6. The van der Waals surface area contributed by atoms with Gasteiger partial charge in [-0.2, -0.15) is 0 Å². The van der Waals surface area contributed by atoms with Crippen LogP contribution < -0.4 is 21.3 Å². The van der Waals surface area contributed by atoms with Crippen LogP contribution in [-0.2, 0) is 4.79 Å². The highest BCUT2D eigenvalue weighted by Crippen LogP contribution is 2.36. The van der Waals surface area contributed by atoms with Crippen molar-refractivity contribution in [3.63, 3.8) is 0 Å². The second-order valence-electron chi connectivity index (χ2n) is 8.29. The van der Waals surface area contributed by atoms with Gasteiger partial charge < -0.3 is 26.3 Å². The molecule has 0 aliphatic carbocycles. The molecule has 0 atom stereocenters. The van der Waals surface area contributed by atoms with E-state index in [0.29, 0.717) is 27.0 Å². The molecule has 1 aliphatic heterocycles. The lowest BCUT2D eigenvalue weighted by Crippen LogP contribution is -2.19. The van der Waals surface area contributed by atoms with Crippen molar-refractivity contribution in [3.8, 4) is 0 Å². The standard InChI is InChI=1S/C27H21Cl2N5O2/c1-15-4-5-20(32-27(36)33-21-10-16(28)9-17(29)11-21)13-24(15)31-19-6-7-22-23(12-18-3-2-8-30-18)26(35)34-25(22)14-19/h2-14,30-31H,1H3,(H,34,35)(H2,32,33,36)/b23-12+. The van der Waals surface area contributed by atoms with E-state index >= 15 is 0 Å².